The third-order valence-electron chi connectivity index (χ3n) is 1.40. The van der Waals surface area contributed by atoms with Crippen molar-refractivity contribution in [3.63, 3.8) is 0 Å². The molecule has 1 aromatic rings. The molecule has 1 amide bonds. The first-order valence-corrected chi connectivity index (χ1v) is 5.39. The number of pyridine rings is 1. The number of carbonyl (C=O) groups is 1. The van der Waals surface area contributed by atoms with E-state index in [1.807, 2.05) is 40.7 Å². The molecule has 1 rings (SSSR count). The standard InChI is InChI=1S/C8H10N2O.2C2H6/c1-6-3-4-7(5-10-6)8(11)9-2;2*1-2/h3-5H,1-2H3,(H,9,11);2*1-2H3. The molecule has 0 saturated heterocycles. The average Bonchev–Trinajstić information content (AvgIpc) is 2.34. The van der Waals surface area contributed by atoms with Gasteiger partial charge in [-0.05, 0) is 19.1 Å². The summed E-state index contributed by atoms with van der Waals surface area (Å²) < 4.78 is 0. The Morgan fingerprint density at radius 3 is 2.07 bits per heavy atom. The van der Waals surface area contributed by atoms with Gasteiger partial charge in [0.15, 0.2) is 0 Å². The molecule has 15 heavy (non-hydrogen) atoms. The van der Waals surface area contributed by atoms with E-state index in [9.17, 15) is 4.79 Å². The number of nitrogens with one attached hydrogen (secondary N) is 1. The van der Waals surface area contributed by atoms with Crippen molar-refractivity contribution in [1.29, 1.82) is 0 Å². The first-order chi connectivity index (χ1) is 7.24. The Balaban J connectivity index is 0. The van der Waals surface area contributed by atoms with E-state index in [2.05, 4.69) is 10.3 Å². The third kappa shape index (κ3) is 6.66. The lowest BCUT2D eigenvalue weighted by Gasteiger charge is -1.97. The second kappa shape index (κ2) is 10.7. The molecule has 3 heteroatoms. The van der Waals surface area contributed by atoms with Crippen LogP contribution in [0.25, 0.3) is 0 Å². The van der Waals surface area contributed by atoms with Crippen LogP contribution in [0.3, 0.4) is 0 Å². The first-order valence-electron chi connectivity index (χ1n) is 5.39. The van der Waals surface area contributed by atoms with Gasteiger partial charge in [-0.1, -0.05) is 27.7 Å². The molecule has 0 fully saturated rings. The number of hydrogen-bond acceptors (Lipinski definition) is 2. The minimum Gasteiger partial charge on any atom is -0.355 e. The Kier molecular flexibility index (Phi) is 11.5. The first kappa shape index (κ1) is 16.1. The minimum atomic E-state index is -0.0995. The zero-order chi connectivity index (χ0) is 12.3. The van der Waals surface area contributed by atoms with Crippen LogP contribution < -0.4 is 5.32 Å². The van der Waals surface area contributed by atoms with Crippen molar-refractivity contribution in [3.05, 3.63) is 29.6 Å². The van der Waals surface area contributed by atoms with Crippen molar-refractivity contribution in [3.8, 4) is 0 Å². The maximum Gasteiger partial charge on any atom is 0.252 e. The Morgan fingerprint density at radius 1 is 1.20 bits per heavy atom. The van der Waals surface area contributed by atoms with Gasteiger partial charge in [0.2, 0.25) is 0 Å². The van der Waals surface area contributed by atoms with Crippen LogP contribution in [-0.4, -0.2) is 17.9 Å². The molecular weight excluding hydrogens is 188 g/mol. The van der Waals surface area contributed by atoms with Crippen LogP contribution in [0.5, 0.6) is 0 Å². The van der Waals surface area contributed by atoms with E-state index >= 15 is 0 Å². The van der Waals surface area contributed by atoms with E-state index in [0.29, 0.717) is 5.56 Å². The van der Waals surface area contributed by atoms with E-state index in [1.165, 1.54) is 0 Å². The fraction of sp³-hybridized carbons (Fsp3) is 0.500. The molecule has 0 spiro atoms. The molecule has 0 atom stereocenters. The molecule has 0 unspecified atom stereocenters. The van der Waals surface area contributed by atoms with Crippen molar-refractivity contribution in [2.24, 2.45) is 0 Å². The maximum atomic E-state index is 11.0. The van der Waals surface area contributed by atoms with Crippen LogP contribution in [0.15, 0.2) is 18.3 Å². The van der Waals surface area contributed by atoms with E-state index in [0.717, 1.165) is 5.69 Å². The molecule has 0 aliphatic heterocycles. The summed E-state index contributed by atoms with van der Waals surface area (Å²) in [6, 6.07) is 3.56. The second-order valence-electron chi connectivity index (χ2n) is 2.27. The minimum absolute atomic E-state index is 0.0995. The van der Waals surface area contributed by atoms with Crippen molar-refractivity contribution in [2.45, 2.75) is 34.6 Å². The fourth-order valence-corrected chi connectivity index (χ4v) is 0.746. The van der Waals surface area contributed by atoms with Crippen LogP contribution in [0.2, 0.25) is 0 Å². The molecule has 0 saturated carbocycles. The van der Waals surface area contributed by atoms with Crippen molar-refractivity contribution in [2.75, 3.05) is 7.05 Å². The van der Waals surface area contributed by atoms with Gasteiger partial charge in [-0.15, -0.1) is 0 Å². The Morgan fingerprint density at radius 2 is 1.73 bits per heavy atom. The summed E-state index contributed by atoms with van der Waals surface area (Å²) in [5.41, 5.74) is 1.51. The Bertz CT molecular complexity index is 255. The van der Waals surface area contributed by atoms with Gasteiger partial charge in [0.25, 0.3) is 5.91 Å². The molecule has 1 N–H and O–H groups in total. The number of carbonyl (C=O) groups excluding carboxylic acids is 1. The summed E-state index contributed by atoms with van der Waals surface area (Å²) in [6.07, 6.45) is 1.56. The number of hydrogen-bond donors (Lipinski definition) is 1. The van der Waals surface area contributed by atoms with Crippen LogP contribution in [0.1, 0.15) is 43.7 Å². The molecule has 1 aromatic heterocycles. The fourth-order valence-electron chi connectivity index (χ4n) is 0.746. The zero-order valence-electron chi connectivity index (χ0n) is 10.6. The SMILES string of the molecule is CC.CC.CNC(=O)c1ccc(C)nc1. The number of rotatable bonds is 1. The van der Waals surface area contributed by atoms with E-state index in [4.69, 9.17) is 0 Å². The van der Waals surface area contributed by atoms with Gasteiger partial charge in [-0.2, -0.15) is 0 Å². The number of aryl methyl sites for hydroxylation is 1. The van der Waals surface area contributed by atoms with Crippen LogP contribution in [-0.2, 0) is 0 Å². The summed E-state index contributed by atoms with van der Waals surface area (Å²) in [4.78, 5) is 15.0. The molecular formula is C12H22N2O. The van der Waals surface area contributed by atoms with Gasteiger partial charge in [-0.25, -0.2) is 0 Å². The van der Waals surface area contributed by atoms with Crippen molar-refractivity contribution in [1.82, 2.24) is 10.3 Å². The second-order valence-corrected chi connectivity index (χ2v) is 2.27. The summed E-state index contributed by atoms with van der Waals surface area (Å²) >= 11 is 0. The summed E-state index contributed by atoms with van der Waals surface area (Å²) in [5.74, 6) is -0.0995. The smallest absolute Gasteiger partial charge is 0.252 e. The number of nitrogens with zero attached hydrogens (tertiary/aromatic N) is 1. The Hall–Kier alpha value is -1.38. The third-order valence-corrected chi connectivity index (χ3v) is 1.40. The lowest BCUT2D eigenvalue weighted by atomic mass is 10.2. The van der Waals surface area contributed by atoms with Crippen molar-refractivity contribution >= 4 is 5.91 Å². The lowest BCUT2D eigenvalue weighted by molar-refractivity contribution is 0.0962. The van der Waals surface area contributed by atoms with Crippen LogP contribution >= 0.6 is 0 Å². The lowest BCUT2D eigenvalue weighted by Crippen LogP contribution is -2.17. The largest absolute Gasteiger partial charge is 0.355 e. The highest BCUT2D eigenvalue weighted by Crippen LogP contribution is 1.97. The van der Waals surface area contributed by atoms with E-state index in [1.54, 1.807) is 19.3 Å². The topological polar surface area (TPSA) is 42.0 Å². The molecule has 0 aromatic carbocycles. The van der Waals surface area contributed by atoms with Gasteiger partial charge < -0.3 is 5.32 Å². The summed E-state index contributed by atoms with van der Waals surface area (Å²) in [7, 11) is 1.60. The molecule has 0 radical (unpaired) electrons. The summed E-state index contributed by atoms with van der Waals surface area (Å²) in [5, 5.41) is 2.52. The van der Waals surface area contributed by atoms with Gasteiger partial charge in [0.1, 0.15) is 0 Å². The van der Waals surface area contributed by atoms with Gasteiger partial charge in [0.05, 0.1) is 5.56 Å². The highest BCUT2D eigenvalue weighted by atomic mass is 16.1. The van der Waals surface area contributed by atoms with E-state index < -0.39 is 0 Å². The molecule has 0 bridgehead atoms. The molecule has 0 aliphatic rings. The predicted octanol–water partition coefficient (Wildman–Crippen LogP) is 2.80. The molecule has 0 aliphatic carbocycles. The predicted molar refractivity (Wildman–Crippen MR) is 65.1 cm³/mol. The zero-order valence-corrected chi connectivity index (χ0v) is 10.6. The molecule has 86 valence electrons. The van der Waals surface area contributed by atoms with E-state index in [-0.39, 0.29) is 5.91 Å². The Labute approximate surface area is 92.9 Å². The van der Waals surface area contributed by atoms with Crippen molar-refractivity contribution < 1.29 is 4.79 Å². The highest BCUT2D eigenvalue weighted by molar-refractivity contribution is 5.93. The molecule has 1 heterocycles. The molecule has 3 nitrogen and oxygen atoms in total. The van der Waals surface area contributed by atoms with Gasteiger partial charge >= 0.3 is 0 Å². The normalized spacial score (nSPS) is 7.60. The van der Waals surface area contributed by atoms with Crippen LogP contribution in [0.4, 0.5) is 0 Å². The van der Waals surface area contributed by atoms with Gasteiger partial charge in [0, 0.05) is 18.9 Å². The highest BCUT2D eigenvalue weighted by Gasteiger charge is 2.00. The van der Waals surface area contributed by atoms with Gasteiger partial charge in [-0.3, -0.25) is 9.78 Å². The monoisotopic (exact) mass is 210 g/mol. The summed E-state index contributed by atoms with van der Waals surface area (Å²) in [6.45, 7) is 9.88. The van der Waals surface area contributed by atoms with Crippen LogP contribution in [0, 0.1) is 6.92 Å². The number of amides is 1. The maximum absolute atomic E-state index is 11.0. The number of aromatic nitrogens is 1. The average molecular weight is 210 g/mol. The quantitative estimate of drug-likeness (QED) is 0.774.